The first kappa shape index (κ1) is 17.4. The lowest BCUT2D eigenvalue weighted by atomic mass is 9.99. The second-order valence-electron chi connectivity index (χ2n) is 5.80. The molecule has 2 rings (SSSR count). The number of likely N-dealkylation sites (tertiary alicyclic amines) is 1. The maximum Gasteiger partial charge on any atom is 0.283 e. The zero-order valence-corrected chi connectivity index (χ0v) is 14.7. The molecule has 2 heterocycles. The van der Waals surface area contributed by atoms with Gasteiger partial charge in [-0.15, -0.1) is 0 Å². The molecular formula is C15H22BrF2N3O. The third-order valence-electron chi connectivity index (χ3n) is 4.41. The maximum absolute atomic E-state index is 13.0. The monoisotopic (exact) mass is 377 g/mol. The largest absolute Gasteiger partial charge is 0.338 e. The van der Waals surface area contributed by atoms with E-state index in [9.17, 15) is 13.6 Å². The van der Waals surface area contributed by atoms with E-state index in [1.807, 2.05) is 4.90 Å². The van der Waals surface area contributed by atoms with Crippen molar-refractivity contribution in [1.29, 1.82) is 0 Å². The van der Waals surface area contributed by atoms with E-state index in [0.29, 0.717) is 5.69 Å². The Hall–Kier alpha value is -0.980. The molecule has 0 saturated carbocycles. The molecule has 0 aliphatic carbocycles. The molecule has 0 bridgehead atoms. The van der Waals surface area contributed by atoms with E-state index in [4.69, 9.17) is 0 Å². The zero-order valence-electron chi connectivity index (χ0n) is 13.2. The van der Waals surface area contributed by atoms with E-state index in [2.05, 4.69) is 28.0 Å². The van der Waals surface area contributed by atoms with Crippen LogP contribution in [-0.2, 0) is 4.79 Å². The van der Waals surface area contributed by atoms with Crippen molar-refractivity contribution < 1.29 is 13.6 Å². The number of aromatic nitrogens is 2. The lowest BCUT2D eigenvalue weighted by Gasteiger charge is -2.37. The summed E-state index contributed by atoms with van der Waals surface area (Å²) in [4.78, 5) is 14.7. The molecule has 1 aliphatic rings. The molecule has 1 aliphatic heterocycles. The van der Waals surface area contributed by atoms with Crippen molar-refractivity contribution in [2.24, 2.45) is 0 Å². The van der Waals surface area contributed by atoms with Crippen molar-refractivity contribution in [2.45, 2.75) is 65.0 Å². The number of rotatable bonds is 4. The van der Waals surface area contributed by atoms with E-state index in [0.717, 1.165) is 32.2 Å². The van der Waals surface area contributed by atoms with Crippen LogP contribution >= 0.6 is 15.9 Å². The maximum atomic E-state index is 13.0. The number of piperidine rings is 1. The van der Waals surface area contributed by atoms with Gasteiger partial charge in [0, 0.05) is 12.6 Å². The van der Waals surface area contributed by atoms with Gasteiger partial charge in [0.2, 0.25) is 5.91 Å². The van der Waals surface area contributed by atoms with Crippen LogP contribution in [0.15, 0.2) is 4.47 Å². The van der Waals surface area contributed by atoms with Crippen LogP contribution in [-0.4, -0.2) is 33.2 Å². The van der Waals surface area contributed by atoms with Gasteiger partial charge in [0.1, 0.15) is 11.7 Å². The van der Waals surface area contributed by atoms with Gasteiger partial charge < -0.3 is 4.90 Å². The molecule has 2 unspecified atom stereocenters. The number of carbonyl (C=O) groups excluding carboxylic acids is 1. The van der Waals surface area contributed by atoms with Gasteiger partial charge in [0.05, 0.1) is 10.2 Å². The molecule has 0 spiro atoms. The summed E-state index contributed by atoms with van der Waals surface area (Å²) in [5.74, 6) is -0.0366. The highest BCUT2D eigenvalue weighted by Gasteiger charge is 2.32. The molecule has 22 heavy (non-hydrogen) atoms. The summed E-state index contributed by atoms with van der Waals surface area (Å²) in [6.45, 7) is 6.24. The summed E-state index contributed by atoms with van der Waals surface area (Å²) in [5, 5.41) is 3.95. The summed E-state index contributed by atoms with van der Waals surface area (Å²) in [5.41, 5.74) is 0.254. The lowest BCUT2D eigenvalue weighted by molar-refractivity contribution is -0.138. The molecule has 2 atom stereocenters. The Labute approximate surface area is 138 Å². The second kappa shape index (κ2) is 7.06. The highest BCUT2D eigenvalue weighted by atomic mass is 79.9. The first-order chi connectivity index (χ1) is 10.4. The van der Waals surface area contributed by atoms with Gasteiger partial charge in [0.15, 0.2) is 0 Å². The van der Waals surface area contributed by atoms with Crippen LogP contribution in [0.25, 0.3) is 0 Å². The summed E-state index contributed by atoms with van der Waals surface area (Å²) < 4.78 is 27.6. The average molecular weight is 378 g/mol. The summed E-state index contributed by atoms with van der Waals surface area (Å²) >= 11 is 3.15. The van der Waals surface area contributed by atoms with E-state index >= 15 is 0 Å². The van der Waals surface area contributed by atoms with Crippen molar-refractivity contribution in [3.8, 4) is 0 Å². The molecule has 1 fully saturated rings. The Morgan fingerprint density at radius 3 is 2.68 bits per heavy atom. The molecule has 124 valence electrons. The van der Waals surface area contributed by atoms with Crippen LogP contribution in [0.1, 0.15) is 63.4 Å². The Morgan fingerprint density at radius 2 is 2.14 bits per heavy atom. The SMILES string of the molecule is CCC1CCCCN1C(=O)C(C)n1nc(C(F)F)c(Br)c1C. The fourth-order valence-electron chi connectivity index (χ4n) is 3.10. The number of alkyl halides is 2. The van der Waals surface area contributed by atoms with Crippen molar-refractivity contribution >= 4 is 21.8 Å². The van der Waals surface area contributed by atoms with Gasteiger partial charge in [-0.3, -0.25) is 9.48 Å². The molecule has 4 nitrogen and oxygen atoms in total. The third-order valence-corrected chi connectivity index (χ3v) is 5.39. The molecule has 1 saturated heterocycles. The van der Waals surface area contributed by atoms with Gasteiger partial charge in [0.25, 0.3) is 6.43 Å². The van der Waals surface area contributed by atoms with E-state index in [-0.39, 0.29) is 22.1 Å². The van der Waals surface area contributed by atoms with Crippen LogP contribution in [0.3, 0.4) is 0 Å². The Kier molecular flexibility index (Phi) is 5.58. The highest BCUT2D eigenvalue weighted by Crippen LogP contribution is 2.31. The number of hydrogen-bond donors (Lipinski definition) is 0. The fourth-order valence-corrected chi connectivity index (χ4v) is 3.53. The topological polar surface area (TPSA) is 38.1 Å². The number of carbonyl (C=O) groups is 1. The van der Waals surface area contributed by atoms with Gasteiger partial charge in [-0.2, -0.15) is 5.10 Å². The van der Waals surface area contributed by atoms with Crippen LogP contribution in [0, 0.1) is 6.92 Å². The standard InChI is InChI=1S/C15H22BrF2N3O/c1-4-11-7-5-6-8-20(11)15(22)10(3)21-9(2)12(16)13(19-21)14(17)18/h10-11,14H,4-8H2,1-3H3. The summed E-state index contributed by atoms with van der Waals surface area (Å²) in [7, 11) is 0. The van der Waals surface area contributed by atoms with E-state index in [1.54, 1.807) is 13.8 Å². The molecule has 0 aromatic carbocycles. The molecule has 1 amide bonds. The molecule has 1 aromatic heterocycles. The first-order valence-corrected chi connectivity index (χ1v) is 8.50. The summed E-state index contributed by atoms with van der Waals surface area (Å²) in [6.07, 6.45) is 1.41. The first-order valence-electron chi connectivity index (χ1n) is 7.71. The van der Waals surface area contributed by atoms with Gasteiger partial charge in [-0.05, 0) is 55.5 Å². The minimum Gasteiger partial charge on any atom is -0.338 e. The van der Waals surface area contributed by atoms with Gasteiger partial charge in [-0.1, -0.05) is 6.92 Å². The van der Waals surface area contributed by atoms with Gasteiger partial charge >= 0.3 is 0 Å². The predicted octanol–water partition coefficient (Wildman–Crippen LogP) is 4.24. The van der Waals surface area contributed by atoms with Crippen LogP contribution < -0.4 is 0 Å². The normalized spacial score (nSPS) is 20.5. The van der Waals surface area contributed by atoms with Crippen LogP contribution in [0.2, 0.25) is 0 Å². The number of hydrogen-bond acceptors (Lipinski definition) is 2. The second-order valence-corrected chi connectivity index (χ2v) is 6.59. The van der Waals surface area contributed by atoms with Crippen molar-refractivity contribution in [3.63, 3.8) is 0 Å². The lowest BCUT2D eigenvalue weighted by Crippen LogP contribution is -2.46. The van der Waals surface area contributed by atoms with Crippen LogP contribution in [0.4, 0.5) is 8.78 Å². The minimum atomic E-state index is -2.66. The van der Waals surface area contributed by atoms with Crippen molar-refractivity contribution in [2.75, 3.05) is 6.54 Å². The molecule has 0 N–H and O–H groups in total. The van der Waals surface area contributed by atoms with Gasteiger partial charge in [-0.25, -0.2) is 8.78 Å². The predicted molar refractivity (Wildman–Crippen MR) is 84.0 cm³/mol. The Morgan fingerprint density at radius 1 is 1.45 bits per heavy atom. The number of nitrogens with zero attached hydrogens (tertiary/aromatic N) is 3. The quantitative estimate of drug-likeness (QED) is 0.786. The molecule has 1 aromatic rings. The fraction of sp³-hybridized carbons (Fsp3) is 0.733. The van der Waals surface area contributed by atoms with Crippen molar-refractivity contribution in [3.05, 3.63) is 15.9 Å². The minimum absolute atomic E-state index is 0.0366. The number of amides is 1. The Balaban J connectivity index is 2.25. The zero-order chi connectivity index (χ0) is 16.4. The smallest absolute Gasteiger partial charge is 0.283 e. The molecule has 0 radical (unpaired) electrons. The van der Waals surface area contributed by atoms with Crippen molar-refractivity contribution in [1.82, 2.24) is 14.7 Å². The average Bonchev–Trinajstić information content (AvgIpc) is 2.82. The number of halogens is 3. The highest BCUT2D eigenvalue weighted by molar-refractivity contribution is 9.10. The molecule has 7 heteroatoms. The van der Waals surface area contributed by atoms with Crippen LogP contribution in [0.5, 0.6) is 0 Å². The third kappa shape index (κ3) is 3.19. The van der Waals surface area contributed by atoms with E-state index in [1.165, 1.54) is 4.68 Å². The van der Waals surface area contributed by atoms with E-state index < -0.39 is 12.5 Å². The Bertz CT molecular complexity index is 547. The summed E-state index contributed by atoms with van der Waals surface area (Å²) in [6, 6.07) is -0.325. The molecular weight excluding hydrogens is 356 g/mol.